The topological polar surface area (TPSA) is 50.4 Å². The largest absolute Gasteiger partial charge is 0.497 e. The summed E-state index contributed by atoms with van der Waals surface area (Å²) >= 11 is 0. The first kappa shape index (κ1) is 13.9. The Hall–Kier alpha value is -1.55. The number of methoxy groups -OCH3 is 1. The molecule has 104 valence electrons. The van der Waals surface area contributed by atoms with Crippen molar-refractivity contribution in [3.8, 4) is 5.75 Å². The average molecular weight is 262 g/mol. The summed E-state index contributed by atoms with van der Waals surface area (Å²) in [6.45, 7) is 4.11. The molecule has 1 unspecified atom stereocenters. The highest BCUT2D eigenvalue weighted by Crippen LogP contribution is 2.22. The third-order valence-corrected chi connectivity index (χ3v) is 3.65. The van der Waals surface area contributed by atoms with Crippen molar-refractivity contribution >= 4 is 11.6 Å². The van der Waals surface area contributed by atoms with Gasteiger partial charge >= 0.3 is 0 Å². The van der Waals surface area contributed by atoms with Crippen LogP contribution < -0.4 is 15.4 Å². The van der Waals surface area contributed by atoms with Crippen LogP contribution in [-0.4, -0.2) is 26.1 Å². The fraction of sp³-hybridized carbons (Fsp3) is 0.533. The smallest absolute Gasteiger partial charge is 0.224 e. The standard InChI is InChI=1S/C15H22N2O2/c1-11-9-13(19-2)4-5-14(11)17-15(18)6-3-12-7-8-16-10-12/h4-5,9,12,16H,3,6-8,10H2,1-2H3,(H,17,18). The molecule has 1 aliphatic heterocycles. The lowest BCUT2D eigenvalue weighted by molar-refractivity contribution is -0.116. The number of amides is 1. The van der Waals surface area contributed by atoms with Crippen molar-refractivity contribution in [2.75, 3.05) is 25.5 Å². The predicted molar refractivity (Wildman–Crippen MR) is 76.6 cm³/mol. The van der Waals surface area contributed by atoms with E-state index in [1.54, 1.807) is 7.11 Å². The third kappa shape index (κ3) is 3.96. The number of ether oxygens (including phenoxy) is 1. The Kier molecular flexibility index (Phi) is 4.80. The van der Waals surface area contributed by atoms with E-state index in [4.69, 9.17) is 4.74 Å². The summed E-state index contributed by atoms with van der Waals surface area (Å²) in [6.07, 6.45) is 2.75. The van der Waals surface area contributed by atoms with Gasteiger partial charge in [-0.25, -0.2) is 0 Å². The first-order valence-corrected chi connectivity index (χ1v) is 6.84. The fourth-order valence-electron chi connectivity index (χ4n) is 2.41. The van der Waals surface area contributed by atoms with Gasteiger partial charge in [0.2, 0.25) is 5.91 Å². The van der Waals surface area contributed by atoms with Crippen molar-refractivity contribution in [1.29, 1.82) is 0 Å². The van der Waals surface area contributed by atoms with Crippen LogP contribution in [-0.2, 0) is 4.79 Å². The summed E-state index contributed by atoms with van der Waals surface area (Å²) in [5, 5.41) is 6.29. The van der Waals surface area contributed by atoms with Gasteiger partial charge in [0.25, 0.3) is 0 Å². The van der Waals surface area contributed by atoms with E-state index in [-0.39, 0.29) is 5.91 Å². The van der Waals surface area contributed by atoms with Crippen LogP contribution in [0.1, 0.15) is 24.8 Å². The molecule has 1 heterocycles. The van der Waals surface area contributed by atoms with E-state index < -0.39 is 0 Å². The first-order valence-electron chi connectivity index (χ1n) is 6.84. The van der Waals surface area contributed by atoms with Gasteiger partial charge in [-0.2, -0.15) is 0 Å². The van der Waals surface area contributed by atoms with E-state index in [1.165, 1.54) is 6.42 Å². The molecule has 0 spiro atoms. The summed E-state index contributed by atoms with van der Waals surface area (Å²) in [4.78, 5) is 11.9. The van der Waals surface area contributed by atoms with Gasteiger partial charge in [-0.3, -0.25) is 4.79 Å². The number of benzene rings is 1. The van der Waals surface area contributed by atoms with Crippen LogP contribution in [0, 0.1) is 12.8 Å². The molecule has 2 rings (SSSR count). The van der Waals surface area contributed by atoms with E-state index in [2.05, 4.69) is 10.6 Å². The number of carbonyl (C=O) groups excluding carboxylic acids is 1. The second kappa shape index (κ2) is 6.57. The third-order valence-electron chi connectivity index (χ3n) is 3.65. The van der Waals surface area contributed by atoms with Crippen LogP contribution in [0.5, 0.6) is 5.75 Å². The molecule has 0 aliphatic carbocycles. The second-order valence-corrected chi connectivity index (χ2v) is 5.13. The molecule has 1 atom stereocenters. The van der Waals surface area contributed by atoms with Gasteiger partial charge in [0.1, 0.15) is 5.75 Å². The molecule has 2 N–H and O–H groups in total. The molecule has 0 bridgehead atoms. The van der Waals surface area contributed by atoms with Crippen LogP contribution in [0.25, 0.3) is 0 Å². The molecule has 4 nitrogen and oxygen atoms in total. The maximum atomic E-state index is 11.9. The number of carbonyl (C=O) groups is 1. The van der Waals surface area contributed by atoms with E-state index in [0.29, 0.717) is 12.3 Å². The minimum atomic E-state index is 0.0974. The molecule has 4 heteroatoms. The fourth-order valence-corrected chi connectivity index (χ4v) is 2.41. The lowest BCUT2D eigenvalue weighted by Gasteiger charge is -2.11. The Morgan fingerprint density at radius 3 is 3.00 bits per heavy atom. The molecule has 1 amide bonds. The quantitative estimate of drug-likeness (QED) is 0.856. The van der Waals surface area contributed by atoms with Crippen LogP contribution >= 0.6 is 0 Å². The van der Waals surface area contributed by atoms with Crippen LogP contribution in [0.15, 0.2) is 18.2 Å². The maximum absolute atomic E-state index is 11.9. The Morgan fingerprint density at radius 1 is 1.53 bits per heavy atom. The van der Waals surface area contributed by atoms with E-state index in [0.717, 1.165) is 36.5 Å². The zero-order chi connectivity index (χ0) is 13.7. The zero-order valence-electron chi connectivity index (χ0n) is 11.7. The Balaban J connectivity index is 1.84. The number of aryl methyl sites for hydroxylation is 1. The van der Waals surface area contributed by atoms with E-state index in [1.807, 2.05) is 25.1 Å². The van der Waals surface area contributed by atoms with Crippen LogP contribution in [0.3, 0.4) is 0 Å². The molecule has 1 fully saturated rings. The normalized spacial score (nSPS) is 18.3. The summed E-state index contributed by atoms with van der Waals surface area (Å²) in [6, 6.07) is 5.68. The van der Waals surface area contributed by atoms with Crippen molar-refractivity contribution in [2.24, 2.45) is 5.92 Å². The van der Waals surface area contributed by atoms with Crippen LogP contribution in [0.2, 0.25) is 0 Å². The van der Waals surface area contributed by atoms with Gasteiger partial charge in [0.05, 0.1) is 7.11 Å². The van der Waals surface area contributed by atoms with E-state index >= 15 is 0 Å². The Labute approximate surface area is 114 Å². The molecule has 19 heavy (non-hydrogen) atoms. The number of rotatable bonds is 5. The number of nitrogens with one attached hydrogen (secondary N) is 2. The minimum Gasteiger partial charge on any atom is -0.497 e. The van der Waals surface area contributed by atoms with Gasteiger partial charge in [-0.1, -0.05) is 0 Å². The zero-order valence-corrected chi connectivity index (χ0v) is 11.7. The lowest BCUT2D eigenvalue weighted by atomic mass is 10.0. The molecule has 0 aromatic heterocycles. The van der Waals surface area contributed by atoms with Crippen molar-refractivity contribution < 1.29 is 9.53 Å². The molecule has 1 saturated heterocycles. The van der Waals surface area contributed by atoms with Gasteiger partial charge in [0.15, 0.2) is 0 Å². The predicted octanol–water partition coefficient (Wildman–Crippen LogP) is 2.33. The molecular weight excluding hydrogens is 240 g/mol. The molecular formula is C15H22N2O2. The Morgan fingerprint density at radius 2 is 2.37 bits per heavy atom. The van der Waals surface area contributed by atoms with Gasteiger partial charge in [-0.05, 0) is 62.5 Å². The van der Waals surface area contributed by atoms with E-state index in [9.17, 15) is 4.79 Å². The molecule has 0 radical (unpaired) electrons. The molecule has 1 aliphatic rings. The van der Waals surface area contributed by atoms with Crippen molar-refractivity contribution in [1.82, 2.24) is 5.32 Å². The highest BCUT2D eigenvalue weighted by Gasteiger charge is 2.15. The number of anilines is 1. The second-order valence-electron chi connectivity index (χ2n) is 5.13. The first-order chi connectivity index (χ1) is 9.19. The molecule has 0 saturated carbocycles. The van der Waals surface area contributed by atoms with Crippen molar-refractivity contribution in [3.63, 3.8) is 0 Å². The number of hydrogen-bond acceptors (Lipinski definition) is 3. The minimum absolute atomic E-state index is 0.0974. The summed E-state index contributed by atoms with van der Waals surface area (Å²) < 4.78 is 5.15. The van der Waals surface area contributed by atoms with Crippen LogP contribution in [0.4, 0.5) is 5.69 Å². The van der Waals surface area contributed by atoms with Crippen molar-refractivity contribution in [3.05, 3.63) is 23.8 Å². The maximum Gasteiger partial charge on any atom is 0.224 e. The van der Waals surface area contributed by atoms with Gasteiger partial charge in [-0.15, -0.1) is 0 Å². The number of hydrogen-bond donors (Lipinski definition) is 2. The summed E-state index contributed by atoms with van der Waals surface area (Å²) in [5.41, 5.74) is 1.89. The molecule has 1 aromatic carbocycles. The SMILES string of the molecule is COc1ccc(NC(=O)CCC2CCNC2)c(C)c1. The van der Waals surface area contributed by atoms with Gasteiger partial charge in [0, 0.05) is 12.1 Å². The van der Waals surface area contributed by atoms with Crippen molar-refractivity contribution in [2.45, 2.75) is 26.2 Å². The molecule has 1 aromatic rings. The monoisotopic (exact) mass is 262 g/mol. The highest BCUT2D eigenvalue weighted by molar-refractivity contribution is 5.91. The lowest BCUT2D eigenvalue weighted by Crippen LogP contribution is -2.15. The summed E-state index contributed by atoms with van der Waals surface area (Å²) in [7, 11) is 1.64. The highest BCUT2D eigenvalue weighted by atomic mass is 16.5. The Bertz CT molecular complexity index is 440. The summed E-state index contributed by atoms with van der Waals surface area (Å²) in [5.74, 6) is 1.57. The van der Waals surface area contributed by atoms with Gasteiger partial charge < -0.3 is 15.4 Å². The average Bonchev–Trinajstić information content (AvgIpc) is 2.92.